The molecule has 0 saturated carbocycles. The van der Waals surface area contributed by atoms with Crippen LogP contribution in [0.3, 0.4) is 0 Å². The molecule has 2 N–H and O–H groups in total. The normalized spacial score (nSPS) is 10.7. The van der Waals surface area contributed by atoms with Crippen molar-refractivity contribution < 1.29 is 14.3 Å². The predicted octanol–water partition coefficient (Wildman–Crippen LogP) is 8.86. The van der Waals surface area contributed by atoms with Gasteiger partial charge in [0, 0.05) is 15.8 Å². The first kappa shape index (κ1) is 24.5. The second kappa shape index (κ2) is 10.3. The first-order valence-corrected chi connectivity index (χ1v) is 11.5. The highest BCUT2D eigenvalue weighted by atomic mass is 35.5. The second-order valence-corrected chi connectivity index (χ2v) is 8.92. The van der Waals surface area contributed by atoms with Crippen LogP contribution >= 0.6 is 58.0 Å². The molecule has 0 radical (unpaired) electrons. The number of ether oxygens (including phenoxy) is 1. The summed E-state index contributed by atoms with van der Waals surface area (Å²) in [7, 11) is 0. The minimum atomic E-state index is -0.851. The summed E-state index contributed by atoms with van der Waals surface area (Å²) in [5.41, 5.74) is 0.217. The van der Waals surface area contributed by atoms with Crippen molar-refractivity contribution in [3.05, 3.63) is 97.4 Å². The lowest BCUT2D eigenvalue weighted by Crippen LogP contribution is -2.34. The van der Waals surface area contributed by atoms with E-state index >= 15 is 0 Å². The van der Waals surface area contributed by atoms with E-state index in [1.807, 2.05) is 24.3 Å². The van der Waals surface area contributed by atoms with Crippen LogP contribution in [0.1, 0.15) is 10.4 Å². The molecule has 4 aromatic carbocycles. The zero-order valence-corrected chi connectivity index (χ0v) is 20.7. The molecule has 4 aromatic rings. The standard InChI is InChI=1S/C24H13Cl5N2O3/c25-15-8-4-3-7-14(15)23(32)31-24(33)30-18-11-17(27)22(21(29)20(18)28)34-19-10-9-16(26)12-5-1-2-6-13(12)19/h1-11H,(H2,30,31,32,33). The van der Waals surface area contributed by atoms with Crippen LogP contribution in [-0.4, -0.2) is 11.9 Å². The molecule has 0 saturated heterocycles. The lowest BCUT2D eigenvalue weighted by Gasteiger charge is -2.16. The fourth-order valence-electron chi connectivity index (χ4n) is 3.17. The summed E-state index contributed by atoms with van der Waals surface area (Å²) in [6, 6.07) is 17.6. The molecule has 0 aliphatic carbocycles. The van der Waals surface area contributed by atoms with E-state index in [0.29, 0.717) is 10.8 Å². The van der Waals surface area contributed by atoms with Crippen molar-refractivity contribution in [2.24, 2.45) is 0 Å². The Kier molecular flexibility index (Phi) is 7.41. The van der Waals surface area contributed by atoms with E-state index < -0.39 is 11.9 Å². The Morgan fingerprint density at radius 2 is 1.38 bits per heavy atom. The Balaban J connectivity index is 1.57. The molecule has 0 unspecified atom stereocenters. The lowest BCUT2D eigenvalue weighted by molar-refractivity contribution is 0.0967. The number of fused-ring (bicyclic) bond motifs is 1. The first-order valence-electron chi connectivity index (χ1n) is 9.65. The van der Waals surface area contributed by atoms with Gasteiger partial charge in [-0.05, 0) is 30.3 Å². The summed E-state index contributed by atoms with van der Waals surface area (Å²) < 4.78 is 5.98. The van der Waals surface area contributed by atoms with Gasteiger partial charge in [-0.3, -0.25) is 10.1 Å². The Morgan fingerprint density at radius 1 is 0.706 bits per heavy atom. The number of benzene rings is 4. The molecule has 172 valence electrons. The SMILES string of the molecule is O=C(NC(=O)c1ccccc1Cl)Nc1cc(Cl)c(Oc2ccc(Cl)c3ccccc23)c(Cl)c1Cl. The number of hydrogen-bond acceptors (Lipinski definition) is 3. The Labute approximate surface area is 219 Å². The first-order chi connectivity index (χ1) is 16.3. The average molecular weight is 555 g/mol. The number of hydrogen-bond donors (Lipinski definition) is 2. The number of halogens is 5. The van der Waals surface area contributed by atoms with Gasteiger partial charge in [0.25, 0.3) is 5.91 Å². The van der Waals surface area contributed by atoms with Gasteiger partial charge in [-0.25, -0.2) is 4.79 Å². The van der Waals surface area contributed by atoms with E-state index in [4.69, 9.17) is 62.7 Å². The number of imide groups is 1. The summed E-state index contributed by atoms with van der Waals surface area (Å²) in [4.78, 5) is 24.7. The molecule has 10 heteroatoms. The molecule has 0 bridgehead atoms. The summed E-state index contributed by atoms with van der Waals surface area (Å²) in [6.45, 7) is 0. The van der Waals surface area contributed by atoms with Crippen LogP contribution < -0.4 is 15.4 Å². The molecule has 4 rings (SSSR count). The molecular formula is C24H13Cl5N2O3. The van der Waals surface area contributed by atoms with Gasteiger partial charge >= 0.3 is 6.03 Å². The summed E-state index contributed by atoms with van der Waals surface area (Å²) in [5, 5.41) is 6.96. The maximum atomic E-state index is 12.4. The quantitative estimate of drug-likeness (QED) is 0.248. The minimum Gasteiger partial charge on any atom is -0.454 e. The van der Waals surface area contributed by atoms with Crippen molar-refractivity contribution in [1.29, 1.82) is 0 Å². The van der Waals surface area contributed by atoms with Gasteiger partial charge in [0.1, 0.15) is 10.8 Å². The third kappa shape index (κ3) is 5.04. The van der Waals surface area contributed by atoms with E-state index in [1.54, 1.807) is 24.3 Å². The number of rotatable bonds is 4. The fourth-order valence-corrected chi connectivity index (χ4v) is 4.34. The highest BCUT2D eigenvalue weighted by molar-refractivity contribution is 6.47. The van der Waals surface area contributed by atoms with Crippen LogP contribution in [0, 0.1) is 0 Å². The van der Waals surface area contributed by atoms with E-state index in [-0.39, 0.29) is 37.1 Å². The smallest absolute Gasteiger partial charge is 0.326 e. The maximum Gasteiger partial charge on any atom is 0.326 e. The topological polar surface area (TPSA) is 67.4 Å². The molecule has 0 fully saturated rings. The molecule has 0 heterocycles. The molecule has 0 aliphatic heterocycles. The number of nitrogens with one attached hydrogen (secondary N) is 2. The molecule has 34 heavy (non-hydrogen) atoms. The number of amides is 3. The number of carbonyl (C=O) groups is 2. The van der Waals surface area contributed by atoms with Crippen LogP contribution in [0.15, 0.2) is 66.7 Å². The summed E-state index contributed by atoms with van der Waals surface area (Å²) >= 11 is 31.4. The highest BCUT2D eigenvalue weighted by Gasteiger charge is 2.20. The summed E-state index contributed by atoms with van der Waals surface area (Å²) in [5.74, 6) is -0.131. The van der Waals surface area contributed by atoms with Crippen LogP contribution in [0.5, 0.6) is 11.5 Å². The van der Waals surface area contributed by atoms with Gasteiger partial charge in [-0.1, -0.05) is 94.4 Å². The Hall–Kier alpha value is -2.67. The van der Waals surface area contributed by atoms with Crippen LogP contribution in [0.4, 0.5) is 10.5 Å². The average Bonchev–Trinajstić information content (AvgIpc) is 2.82. The van der Waals surface area contributed by atoms with Gasteiger partial charge in [0.15, 0.2) is 5.75 Å². The fraction of sp³-hybridized carbons (Fsp3) is 0. The van der Waals surface area contributed by atoms with Crippen molar-refractivity contribution in [3.63, 3.8) is 0 Å². The van der Waals surface area contributed by atoms with Crippen LogP contribution in [0.2, 0.25) is 25.1 Å². The van der Waals surface area contributed by atoms with Gasteiger partial charge in [-0.2, -0.15) is 0 Å². The number of anilines is 1. The van der Waals surface area contributed by atoms with Gasteiger partial charge < -0.3 is 10.1 Å². The monoisotopic (exact) mass is 552 g/mol. The molecule has 0 atom stereocenters. The van der Waals surface area contributed by atoms with Gasteiger partial charge in [-0.15, -0.1) is 0 Å². The largest absolute Gasteiger partial charge is 0.454 e. The molecule has 0 aliphatic rings. The Morgan fingerprint density at radius 3 is 2.12 bits per heavy atom. The second-order valence-electron chi connectivity index (χ2n) is 6.94. The minimum absolute atomic E-state index is 0.0269. The van der Waals surface area contributed by atoms with Gasteiger partial charge in [0.2, 0.25) is 0 Å². The van der Waals surface area contributed by atoms with Crippen molar-refractivity contribution in [3.8, 4) is 11.5 Å². The predicted molar refractivity (Wildman–Crippen MR) is 138 cm³/mol. The van der Waals surface area contributed by atoms with Crippen LogP contribution in [-0.2, 0) is 0 Å². The van der Waals surface area contributed by atoms with Crippen molar-refractivity contribution in [2.45, 2.75) is 0 Å². The van der Waals surface area contributed by atoms with E-state index in [2.05, 4.69) is 10.6 Å². The van der Waals surface area contributed by atoms with Crippen molar-refractivity contribution >= 4 is 86.4 Å². The molecule has 3 amide bonds. The lowest BCUT2D eigenvalue weighted by atomic mass is 10.1. The zero-order chi connectivity index (χ0) is 24.4. The third-order valence-corrected chi connectivity index (χ3v) is 6.54. The molecule has 5 nitrogen and oxygen atoms in total. The van der Waals surface area contributed by atoms with E-state index in [0.717, 1.165) is 10.8 Å². The molecule has 0 aromatic heterocycles. The zero-order valence-electron chi connectivity index (χ0n) is 17.0. The third-order valence-electron chi connectivity index (χ3n) is 4.75. The van der Waals surface area contributed by atoms with Gasteiger partial charge in [0.05, 0.1) is 26.3 Å². The van der Waals surface area contributed by atoms with Crippen molar-refractivity contribution in [1.82, 2.24) is 5.32 Å². The molecule has 0 spiro atoms. The van der Waals surface area contributed by atoms with E-state index in [9.17, 15) is 9.59 Å². The maximum absolute atomic E-state index is 12.4. The highest BCUT2D eigenvalue weighted by Crippen LogP contribution is 2.46. The Bertz CT molecular complexity index is 1440. The number of urea groups is 1. The van der Waals surface area contributed by atoms with E-state index in [1.165, 1.54) is 18.2 Å². The summed E-state index contributed by atoms with van der Waals surface area (Å²) in [6.07, 6.45) is 0. The van der Waals surface area contributed by atoms with Crippen molar-refractivity contribution in [2.75, 3.05) is 5.32 Å². The molecular weight excluding hydrogens is 542 g/mol. The van der Waals surface area contributed by atoms with Crippen LogP contribution in [0.25, 0.3) is 10.8 Å². The number of carbonyl (C=O) groups excluding carboxylic acids is 2.